The zero-order chi connectivity index (χ0) is 36.0. The van der Waals surface area contributed by atoms with E-state index in [2.05, 4.69) is 196 Å². The van der Waals surface area contributed by atoms with Crippen molar-refractivity contribution in [3.05, 3.63) is 199 Å². The van der Waals surface area contributed by atoms with E-state index in [1.54, 1.807) is 0 Å². The molecule has 0 heterocycles. The molecule has 11 rings (SSSR count). The summed E-state index contributed by atoms with van der Waals surface area (Å²) in [5, 5.41) is 5.11. The van der Waals surface area contributed by atoms with Gasteiger partial charge in [0.1, 0.15) is 0 Å². The van der Waals surface area contributed by atoms with Crippen LogP contribution in [0.2, 0.25) is 0 Å². The van der Waals surface area contributed by atoms with E-state index in [0.29, 0.717) is 5.92 Å². The maximum Gasteiger partial charge on any atom is 0.0159 e. The molecule has 0 spiro atoms. The van der Waals surface area contributed by atoms with Crippen LogP contribution in [-0.4, -0.2) is 0 Å². The minimum Gasteiger partial charge on any atom is -0.0802 e. The molecule has 1 fully saturated rings. The van der Waals surface area contributed by atoms with Crippen molar-refractivity contribution in [2.24, 2.45) is 11.8 Å². The molecule has 0 aromatic heterocycles. The zero-order valence-corrected chi connectivity index (χ0v) is 30.7. The Morgan fingerprint density at radius 2 is 0.963 bits per heavy atom. The van der Waals surface area contributed by atoms with Crippen LogP contribution in [0.25, 0.3) is 82.8 Å². The molecule has 1 saturated carbocycles. The molecule has 0 aliphatic heterocycles. The molecule has 0 heteroatoms. The van der Waals surface area contributed by atoms with Crippen molar-refractivity contribution >= 4 is 27.1 Å². The summed E-state index contributed by atoms with van der Waals surface area (Å²) >= 11 is 0. The van der Waals surface area contributed by atoms with Gasteiger partial charge in [-0.25, -0.2) is 0 Å². The molecule has 0 saturated heterocycles. The summed E-state index contributed by atoms with van der Waals surface area (Å²) in [5.74, 6) is 1.40. The molecule has 8 aromatic carbocycles. The van der Waals surface area contributed by atoms with Gasteiger partial charge in [-0.05, 0) is 130 Å². The Kier molecular flexibility index (Phi) is 6.89. The second kappa shape index (κ2) is 11.9. The zero-order valence-electron chi connectivity index (χ0n) is 30.7. The fourth-order valence-corrected chi connectivity index (χ4v) is 9.69. The first-order valence-corrected chi connectivity index (χ1v) is 19.4. The quantitative estimate of drug-likeness (QED) is 0.158. The number of allylic oxidation sites excluding steroid dienone is 4. The van der Waals surface area contributed by atoms with E-state index in [1.807, 2.05) is 0 Å². The first-order valence-electron chi connectivity index (χ1n) is 19.4. The Morgan fingerprint density at radius 1 is 0.407 bits per heavy atom. The molecular formula is C54H40. The summed E-state index contributed by atoms with van der Waals surface area (Å²) in [6.07, 6.45) is 8.59. The lowest BCUT2D eigenvalue weighted by Crippen LogP contribution is -2.14. The molecule has 54 heavy (non-hydrogen) atoms. The van der Waals surface area contributed by atoms with Crippen LogP contribution in [0.15, 0.2) is 182 Å². The highest BCUT2D eigenvalue weighted by Crippen LogP contribution is 2.52. The van der Waals surface area contributed by atoms with Gasteiger partial charge in [-0.15, -0.1) is 0 Å². The molecule has 2 unspecified atom stereocenters. The average molecular weight is 689 g/mol. The van der Waals surface area contributed by atoms with Gasteiger partial charge in [0.2, 0.25) is 0 Å². The van der Waals surface area contributed by atoms with E-state index in [9.17, 15) is 0 Å². The van der Waals surface area contributed by atoms with E-state index in [-0.39, 0.29) is 5.41 Å². The summed E-state index contributed by atoms with van der Waals surface area (Å²) in [7, 11) is 0. The summed E-state index contributed by atoms with van der Waals surface area (Å²) in [4.78, 5) is 0. The van der Waals surface area contributed by atoms with E-state index in [4.69, 9.17) is 0 Å². The Balaban J connectivity index is 1.21. The number of fused-ring (bicyclic) bond motifs is 6. The first-order chi connectivity index (χ1) is 26.5. The Morgan fingerprint density at radius 3 is 1.72 bits per heavy atom. The van der Waals surface area contributed by atoms with Gasteiger partial charge in [0.05, 0.1) is 0 Å². The highest BCUT2D eigenvalue weighted by Gasteiger charge is 2.36. The van der Waals surface area contributed by atoms with Crippen LogP contribution < -0.4 is 0 Å². The lowest BCUT2D eigenvalue weighted by Gasteiger charge is -2.23. The minimum atomic E-state index is -0.0611. The summed E-state index contributed by atoms with van der Waals surface area (Å²) in [5.41, 5.74) is 18.2. The number of rotatable bonds is 5. The Hall–Kier alpha value is -6.24. The first kappa shape index (κ1) is 31.3. The van der Waals surface area contributed by atoms with Crippen LogP contribution >= 0.6 is 0 Å². The summed E-state index contributed by atoms with van der Waals surface area (Å²) in [6, 6.07) is 61.3. The molecule has 256 valence electrons. The van der Waals surface area contributed by atoms with Gasteiger partial charge < -0.3 is 0 Å². The lowest BCUT2D eigenvalue weighted by molar-refractivity contribution is 0.660. The highest BCUT2D eigenvalue weighted by atomic mass is 14.4. The van der Waals surface area contributed by atoms with Gasteiger partial charge in [0.25, 0.3) is 0 Å². The fourth-order valence-electron chi connectivity index (χ4n) is 9.69. The molecule has 0 nitrogen and oxygen atoms in total. The molecular weight excluding hydrogens is 649 g/mol. The normalized spacial score (nSPS) is 17.6. The third-order valence-corrected chi connectivity index (χ3v) is 12.5. The second-order valence-electron chi connectivity index (χ2n) is 16.0. The van der Waals surface area contributed by atoms with Crippen LogP contribution in [0.5, 0.6) is 0 Å². The summed E-state index contributed by atoms with van der Waals surface area (Å²) < 4.78 is 0. The Bertz CT molecular complexity index is 2880. The second-order valence-corrected chi connectivity index (χ2v) is 16.0. The number of hydrogen-bond acceptors (Lipinski definition) is 0. The minimum absolute atomic E-state index is 0.0611. The van der Waals surface area contributed by atoms with Crippen LogP contribution in [-0.2, 0) is 5.41 Å². The summed E-state index contributed by atoms with van der Waals surface area (Å²) in [6.45, 7) is 4.74. The van der Waals surface area contributed by atoms with Crippen molar-refractivity contribution < 1.29 is 0 Å². The van der Waals surface area contributed by atoms with Gasteiger partial charge in [-0.1, -0.05) is 184 Å². The standard InChI is InChI=1S/C54H40/c1-54(2)50-23-13-12-18-42(50)43-28-26-37(33-51(43)54)36-27-29-48-49(32-36)53(44-19-8-6-16-40(44)34-14-4-3-5-15-34)47-22-11-10-21-46(47)52(48)45-20-9-7-17-41(45)38-25-24-35-30-39(35)31-38/h3-29,31-33,35,39H,30H2,1-2H3. The predicted octanol–water partition coefficient (Wildman–Crippen LogP) is 14.6. The van der Waals surface area contributed by atoms with Crippen molar-refractivity contribution in [2.45, 2.75) is 25.7 Å². The van der Waals surface area contributed by atoms with Gasteiger partial charge >= 0.3 is 0 Å². The van der Waals surface area contributed by atoms with Crippen LogP contribution in [0.3, 0.4) is 0 Å². The number of hydrogen-bond donors (Lipinski definition) is 0. The van der Waals surface area contributed by atoms with Gasteiger partial charge in [0.15, 0.2) is 0 Å². The van der Waals surface area contributed by atoms with E-state index in [0.717, 1.165) is 5.92 Å². The smallest absolute Gasteiger partial charge is 0.0159 e. The molecule has 3 aliphatic rings. The topological polar surface area (TPSA) is 0 Å². The van der Waals surface area contributed by atoms with Crippen molar-refractivity contribution in [1.29, 1.82) is 0 Å². The van der Waals surface area contributed by atoms with E-state index in [1.165, 1.54) is 106 Å². The predicted molar refractivity (Wildman–Crippen MR) is 229 cm³/mol. The van der Waals surface area contributed by atoms with Gasteiger partial charge in [0, 0.05) is 5.41 Å². The average Bonchev–Trinajstić information content (AvgIpc) is 3.98. The molecule has 0 N–H and O–H groups in total. The van der Waals surface area contributed by atoms with Crippen molar-refractivity contribution in [1.82, 2.24) is 0 Å². The van der Waals surface area contributed by atoms with E-state index >= 15 is 0 Å². The van der Waals surface area contributed by atoms with Gasteiger partial charge in [-0.3, -0.25) is 0 Å². The maximum atomic E-state index is 2.52. The van der Waals surface area contributed by atoms with Gasteiger partial charge in [-0.2, -0.15) is 0 Å². The highest BCUT2D eigenvalue weighted by molar-refractivity contribution is 6.23. The number of benzene rings is 8. The van der Waals surface area contributed by atoms with Crippen molar-refractivity contribution in [3.63, 3.8) is 0 Å². The van der Waals surface area contributed by atoms with Crippen LogP contribution in [0.1, 0.15) is 37.0 Å². The van der Waals surface area contributed by atoms with E-state index < -0.39 is 0 Å². The third kappa shape index (κ3) is 4.76. The molecule has 3 aliphatic carbocycles. The van der Waals surface area contributed by atoms with Crippen LogP contribution in [0.4, 0.5) is 0 Å². The largest absolute Gasteiger partial charge is 0.0802 e. The van der Waals surface area contributed by atoms with Crippen molar-refractivity contribution in [2.75, 3.05) is 0 Å². The molecule has 0 bridgehead atoms. The Labute approximate surface area is 317 Å². The fraction of sp³-hybridized carbons (Fsp3) is 0.111. The molecule has 8 aromatic rings. The molecule has 0 radical (unpaired) electrons. The molecule has 0 amide bonds. The maximum absolute atomic E-state index is 2.52. The van der Waals surface area contributed by atoms with Crippen molar-refractivity contribution in [3.8, 4) is 55.6 Å². The monoisotopic (exact) mass is 688 g/mol. The van der Waals surface area contributed by atoms with Crippen LogP contribution in [0, 0.1) is 11.8 Å². The third-order valence-electron chi connectivity index (χ3n) is 12.5. The lowest BCUT2D eigenvalue weighted by atomic mass is 9.80. The molecule has 2 atom stereocenters. The SMILES string of the molecule is CC1(C)c2ccccc2-c2ccc(-c3ccc4c(-c5ccccc5C5=CC6CC6C=C5)c5ccccc5c(-c5ccccc5-c5ccccc5)c4c3)cc21.